The lowest BCUT2D eigenvalue weighted by Gasteiger charge is -2.05. The maximum Gasteiger partial charge on any atom is 0.122 e. The van der Waals surface area contributed by atoms with Gasteiger partial charge in [-0.05, 0) is 30.3 Å². The van der Waals surface area contributed by atoms with Gasteiger partial charge in [-0.2, -0.15) is 0 Å². The summed E-state index contributed by atoms with van der Waals surface area (Å²) in [6.07, 6.45) is 1.79. The second-order valence-corrected chi connectivity index (χ2v) is 5.47. The summed E-state index contributed by atoms with van der Waals surface area (Å²) in [6, 6.07) is 14.0. The molecule has 3 nitrogen and oxygen atoms in total. The Labute approximate surface area is 115 Å². The predicted octanol–water partition coefficient (Wildman–Crippen LogP) is 3.33. The second kappa shape index (κ2) is 5.38. The van der Waals surface area contributed by atoms with Crippen molar-refractivity contribution >= 4 is 22.2 Å². The van der Waals surface area contributed by atoms with Crippen LogP contribution in [0.15, 0.2) is 48.7 Å². The molecule has 0 aliphatic rings. The molecule has 0 aliphatic heterocycles. The molecule has 0 radical (unpaired) electrons. The quantitative estimate of drug-likeness (QED) is 0.791. The van der Waals surface area contributed by atoms with Crippen molar-refractivity contribution in [3.63, 3.8) is 0 Å². The van der Waals surface area contributed by atoms with Crippen molar-refractivity contribution in [3.05, 3.63) is 58.4 Å². The first-order valence-electron chi connectivity index (χ1n) is 6.10. The van der Waals surface area contributed by atoms with E-state index in [4.69, 9.17) is 10.5 Å². The highest BCUT2D eigenvalue weighted by atomic mass is 32.1. The van der Waals surface area contributed by atoms with Crippen molar-refractivity contribution in [3.8, 4) is 5.75 Å². The van der Waals surface area contributed by atoms with Gasteiger partial charge in [-0.1, -0.05) is 6.07 Å². The number of fused-ring (bicyclic) bond motifs is 1. The molecule has 96 valence electrons. The molecule has 2 aromatic heterocycles. The normalized spacial score (nSPS) is 10.8. The van der Waals surface area contributed by atoms with Gasteiger partial charge in [0.1, 0.15) is 12.4 Å². The summed E-state index contributed by atoms with van der Waals surface area (Å²) < 4.78 is 5.79. The number of pyridine rings is 1. The van der Waals surface area contributed by atoms with E-state index >= 15 is 0 Å². The van der Waals surface area contributed by atoms with Gasteiger partial charge in [0.15, 0.2) is 0 Å². The van der Waals surface area contributed by atoms with Gasteiger partial charge in [0.2, 0.25) is 0 Å². The third kappa shape index (κ3) is 2.75. The lowest BCUT2D eigenvalue weighted by atomic mass is 10.2. The Hall–Kier alpha value is -1.91. The van der Waals surface area contributed by atoms with Crippen LogP contribution in [0.1, 0.15) is 9.75 Å². The van der Waals surface area contributed by atoms with Gasteiger partial charge in [-0.3, -0.25) is 4.98 Å². The van der Waals surface area contributed by atoms with E-state index in [2.05, 4.69) is 11.1 Å². The van der Waals surface area contributed by atoms with Gasteiger partial charge in [0, 0.05) is 33.9 Å². The molecule has 4 heteroatoms. The van der Waals surface area contributed by atoms with Crippen LogP contribution in [0, 0.1) is 0 Å². The molecule has 3 rings (SSSR count). The minimum Gasteiger partial charge on any atom is -0.488 e. The summed E-state index contributed by atoms with van der Waals surface area (Å²) in [5.74, 6) is 0.842. The van der Waals surface area contributed by atoms with E-state index in [-0.39, 0.29) is 0 Å². The summed E-state index contributed by atoms with van der Waals surface area (Å²) in [6.45, 7) is 1.16. The third-order valence-corrected chi connectivity index (χ3v) is 3.96. The fraction of sp³-hybridized carbons (Fsp3) is 0.133. The maximum absolute atomic E-state index is 5.79. The van der Waals surface area contributed by atoms with Gasteiger partial charge < -0.3 is 10.5 Å². The van der Waals surface area contributed by atoms with Gasteiger partial charge in [-0.15, -0.1) is 11.3 Å². The third-order valence-electron chi connectivity index (χ3n) is 2.88. The standard InChI is InChI=1S/C15H14N2OS/c16-9-13-5-6-14(19-13)10-18-12-4-3-11-2-1-7-17-15(11)8-12/h1-8H,9-10,16H2. The zero-order valence-electron chi connectivity index (χ0n) is 10.4. The van der Waals surface area contributed by atoms with E-state index in [1.807, 2.05) is 36.4 Å². The number of nitrogens with two attached hydrogens (primary N) is 1. The monoisotopic (exact) mass is 270 g/mol. The lowest BCUT2D eigenvalue weighted by Crippen LogP contribution is -1.93. The molecule has 0 aliphatic carbocycles. The number of ether oxygens (including phenoxy) is 1. The van der Waals surface area contributed by atoms with Crippen LogP contribution in [0.5, 0.6) is 5.75 Å². The van der Waals surface area contributed by atoms with Crippen molar-refractivity contribution in [1.29, 1.82) is 0 Å². The summed E-state index contributed by atoms with van der Waals surface area (Å²) in [5, 5.41) is 1.12. The lowest BCUT2D eigenvalue weighted by molar-refractivity contribution is 0.310. The number of thiophene rings is 1. The van der Waals surface area contributed by atoms with E-state index in [1.165, 1.54) is 9.75 Å². The smallest absolute Gasteiger partial charge is 0.122 e. The first-order chi connectivity index (χ1) is 9.35. The molecule has 0 amide bonds. The fourth-order valence-corrected chi connectivity index (χ4v) is 2.71. The molecule has 0 bridgehead atoms. The molecule has 0 fully saturated rings. The molecule has 3 aromatic rings. The highest BCUT2D eigenvalue weighted by molar-refractivity contribution is 7.11. The first kappa shape index (κ1) is 12.1. The van der Waals surface area contributed by atoms with Crippen LogP contribution in [0.2, 0.25) is 0 Å². The number of hydrogen-bond donors (Lipinski definition) is 1. The highest BCUT2D eigenvalue weighted by Gasteiger charge is 2.01. The van der Waals surface area contributed by atoms with Gasteiger partial charge in [-0.25, -0.2) is 0 Å². The molecule has 0 atom stereocenters. The minimum absolute atomic E-state index is 0.572. The Bertz CT molecular complexity index is 693. The summed E-state index contributed by atoms with van der Waals surface area (Å²) in [7, 11) is 0. The molecule has 0 unspecified atom stereocenters. The topological polar surface area (TPSA) is 48.1 Å². The molecule has 1 aromatic carbocycles. The van der Waals surface area contributed by atoms with Crippen LogP contribution in [0.4, 0.5) is 0 Å². The van der Waals surface area contributed by atoms with Crippen LogP contribution in [0.25, 0.3) is 10.9 Å². The van der Waals surface area contributed by atoms with Crippen LogP contribution in [-0.2, 0) is 13.2 Å². The molecular weight excluding hydrogens is 256 g/mol. The SMILES string of the molecule is NCc1ccc(COc2ccc3cccnc3c2)s1. The van der Waals surface area contributed by atoms with Crippen LogP contribution in [0.3, 0.4) is 0 Å². The predicted molar refractivity (Wildman–Crippen MR) is 78.3 cm³/mol. The maximum atomic E-state index is 5.79. The Morgan fingerprint density at radius 1 is 1.11 bits per heavy atom. The van der Waals surface area contributed by atoms with Crippen LogP contribution in [-0.4, -0.2) is 4.98 Å². The minimum atomic E-state index is 0.572. The Morgan fingerprint density at radius 3 is 2.84 bits per heavy atom. The van der Waals surface area contributed by atoms with Crippen molar-refractivity contribution < 1.29 is 4.74 Å². The molecule has 0 saturated heterocycles. The summed E-state index contributed by atoms with van der Waals surface area (Å²) >= 11 is 1.69. The number of rotatable bonds is 4. The summed E-state index contributed by atoms with van der Waals surface area (Å²) in [5.41, 5.74) is 6.55. The number of nitrogens with zero attached hydrogens (tertiary/aromatic N) is 1. The van der Waals surface area contributed by atoms with Gasteiger partial charge in [0.05, 0.1) is 5.52 Å². The van der Waals surface area contributed by atoms with Crippen molar-refractivity contribution in [2.24, 2.45) is 5.73 Å². The van der Waals surface area contributed by atoms with E-state index in [1.54, 1.807) is 17.5 Å². The van der Waals surface area contributed by atoms with E-state index in [0.717, 1.165) is 16.7 Å². The molecule has 0 saturated carbocycles. The number of hydrogen-bond acceptors (Lipinski definition) is 4. The molecule has 0 spiro atoms. The summed E-state index contributed by atoms with van der Waals surface area (Å²) in [4.78, 5) is 6.68. The molecule has 2 N–H and O–H groups in total. The number of benzene rings is 1. The number of aromatic nitrogens is 1. The van der Waals surface area contributed by atoms with Gasteiger partial charge >= 0.3 is 0 Å². The Balaban J connectivity index is 1.74. The van der Waals surface area contributed by atoms with E-state index in [9.17, 15) is 0 Å². The Morgan fingerprint density at radius 2 is 2.00 bits per heavy atom. The largest absolute Gasteiger partial charge is 0.488 e. The average molecular weight is 270 g/mol. The Kier molecular flexibility index (Phi) is 3.44. The van der Waals surface area contributed by atoms with Crippen LogP contribution >= 0.6 is 11.3 Å². The van der Waals surface area contributed by atoms with Crippen molar-refractivity contribution in [1.82, 2.24) is 4.98 Å². The second-order valence-electron chi connectivity index (χ2n) is 4.22. The molecule has 19 heavy (non-hydrogen) atoms. The fourth-order valence-electron chi connectivity index (χ4n) is 1.90. The first-order valence-corrected chi connectivity index (χ1v) is 6.92. The van der Waals surface area contributed by atoms with Crippen LogP contribution < -0.4 is 10.5 Å². The van der Waals surface area contributed by atoms with E-state index in [0.29, 0.717) is 13.2 Å². The highest BCUT2D eigenvalue weighted by Crippen LogP contribution is 2.22. The van der Waals surface area contributed by atoms with E-state index < -0.39 is 0 Å². The average Bonchev–Trinajstić information content (AvgIpc) is 2.93. The zero-order valence-corrected chi connectivity index (χ0v) is 11.2. The van der Waals surface area contributed by atoms with Gasteiger partial charge in [0.25, 0.3) is 0 Å². The zero-order chi connectivity index (χ0) is 13.1. The van der Waals surface area contributed by atoms with Crippen molar-refractivity contribution in [2.75, 3.05) is 0 Å². The van der Waals surface area contributed by atoms with Crippen molar-refractivity contribution in [2.45, 2.75) is 13.2 Å². The molecule has 2 heterocycles. The molecular formula is C15H14N2OS.